The fraction of sp³-hybridized carbons (Fsp3) is 0.316. The van der Waals surface area contributed by atoms with Crippen LogP contribution >= 0.6 is 0 Å². The molecule has 114 valence electrons. The van der Waals surface area contributed by atoms with Gasteiger partial charge in [-0.3, -0.25) is 0 Å². The Hall–Kier alpha value is -2.29. The molecule has 0 saturated carbocycles. The SMILES string of the molecule is CCOC(=O)c1ccc(OC2CCCc3ccccc32)cc1. The highest BCUT2D eigenvalue weighted by molar-refractivity contribution is 5.89. The highest BCUT2D eigenvalue weighted by Crippen LogP contribution is 2.33. The van der Waals surface area contributed by atoms with Crippen molar-refractivity contribution in [2.24, 2.45) is 0 Å². The molecule has 3 heteroatoms. The van der Waals surface area contributed by atoms with Crippen LogP contribution in [-0.2, 0) is 11.2 Å². The van der Waals surface area contributed by atoms with Gasteiger partial charge < -0.3 is 9.47 Å². The average molecular weight is 296 g/mol. The molecule has 1 atom stereocenters. The Morgan fingerprint density at radius 2 is 1.91 bits per heavy atom. The molecular formula is C19H20O3. The normalized spacial score (nSPS) is 16.7. The summed E-state index contributed by atoms with van der Waals surface area (Å²) >= 11 is 0. The summed E-state index contributed by atoms with van der Waals surface area (Å²) in [7, 11) is 0. The molecule has 0 N–H and O–H groups in total. The van der Waals surface area contributed by atoms with Crippen LogP contribution in [0.25, 0.3) is 0 Å². The lowest BCUT2D eigenvalue weighted by Crippen LogP contribution is -2.15. The summed E-state index contributed by atoms with van der Waals surface area (Å²) in [6.07, 6.45) is 3.38. The highest BCUT2D eigenvalue weighted by Gasteiger charge is 2.21. The maximum absolute atomic E-state index is 11.6. The van der Waals surface area contributed by atoms with E-state index in [0.29, 0.717) is 12.2 Å². The molecule has 0 aliphatic heterocycles. The Labute approximate surface area is 130 Å². The van der Waals surface area contributed by atoms with Gasteiger partial charge in [-0.15, -0.1) is 0 Å². The fourth-order valence-corrected chi connectivity index (χ4v) is 2.88. The van der Waals surface area contributed by atoms with E-state index in [2.05, 4.69) is 24.3 Å². The minimum Gasteiger partial charge on any atom is -0.486 e. The maximum Gasteiger partial charge on any atom is 0.338 e. The van der Waals surface area contributed by atoms with E-state index in [4.69, 9.17) is 9.47 Å². The average Bonchev–Trinajstić information content (AvgIpc) is 2.56. The van der Waals surface area contributed by atoms with Crippen molar-refractivity contribution in [2.75, 3.05) is 6.61 Å². The number of fused-ring (bicyclic) bond motifs is 1. The van der Waals surface area contributed by atoms with Crippen LogP contribution in [0.1, 0.15) is 47.4 Å². The van der Waals surface area contributed by atoms with Gasteiger partial charge in [0.25, 0.3) is 0 Å². The van der Waals surface area contributed by atoms with Gasteiger partial charge in [-0.05, 0) is 61.6 Å². The maximum atomic E-state index is 11.6. The van der Waals surface area contributed by atoms with Gasteiger partial charge in [-0.2, -0.15) is 0 Å². The van der Waals surface area contributed by atoms with E-state index >= 15 is 0 Å². The number of hydrogen-bond acceptors (Lipinski definition) is 3. The molecule has 22 heavy (non-hydrogen) atoms. The molecule has 3 rings (SSSR count). The third-order valence-electron chi connectivity index (χ3n) is 3.96. The zero-order valence-electron chi connectivity index (χ0n) is 12.7. The van der Waals surface area contributed by atoms with Crippen LogP contribution in [0.3, 0.4) is 0 Å². The minimum atomic E-state index is -0.294. The number of aryl methyl sites for hydroxylation is 1. The molecule has 0 spiro atoms. The lowest BCUT2D eigenvalue weighted by molar-refractivity contribution is 0.0526. The third kappa shape index (κ3) is 3.14. The molecule has 2 aromatic rings. The van der Waals surface area contributed by atoms with Gasteiger partial charge in [-0.1, -0.05) is 24.3 Å². The monoisotopic (exact) mass is 296 g/mol. The Balaban J connectivity index is 1.73. The zero-order chi connectivity index (χ0) is 15.4. The van der Waals surface area contributed by atoms with Crippen LogP contribution in [-0.4, -0.2) is 12.6 Å². The third-order valence-corrected chi connectivity index (χ3v) is 3.96. The summed E-state index contributed by atoms with van der Waals surface area (Å²) in [5.41, 5.74) is 3.21. The van der Waals surface area contributed by atoms with Gasteiger partial charge >= 0.3 is 5.97 Å². The predicted molar refractivity (Wildman–Crippen MR) is 85.1 cm³/mol. The molecule has 1 unspecified atom stereocenters. The van der Waals surface area contributed by atoms with E-state index in [1.807, 2.05) is 12.1 Å². The van der Waals surface area contributed by atoms with Crippen molar-refractivity contribution in [2.45, 2.75) is 32.3 Å². The number of carbonyl (C=O) groups excluding carboxylic acids is 1. The Bertz CT molecular complexity index is 646. The molecule has 0 aromatic heterocycles. The van der Waals surface area contributed by atoms with Gasteiger partial charge in [0.15, 0.2) is 0 Å². The van der Waals surface area contributed by atoms with E-state index in [9.17, 15) is 4.79 Å². The molecule has 3 nitrogen and oxygen atoms in total. The molecule has 2 aromatic carbocycles. The van der Waals surface area contributed by atoms with E-state index in [1.54, 1.807) is 19.1 Å². The second kappa shape index (κ2) is 6.65. The Morgan fingerprint density at radius 3 is 2.68 bits per heavy atom. The molecule has 0 amide bonds. The first-order chi connectivity index (χ1) is 10.8. The predicted octanol–water partition coefficient (Wildman–Crippen LogP) is 4.32. The van der Waals surface area contributed by atoms with Gasteiger partial charge in [0.2, 0.25) is 0 Å². The summed E-state index contributed by atoms with van der Waals surface area (Å²) < 4.78 is 11.1. The Morgan fingerprint density at radius 1 is 1.14 bits per heavy atom. The van der Waals surface area contributed by atoms with Crippen molar-refractivity contribution >= 4 is 5.97 Å². The highest BCUT2D eigenvalue weighted by atomic mass is 16.5. The molecule has 1 aliphatic carbocycles. The smallest absolute Gasteiger partial charge is 0.338 e. The van der Waals surface area contributed by atoms with Gasteiger partial charge in [-0.25, -0.2) is 4.79 Å². The number of hydrogen-bond donors (Lipinski definition) is 0. The van der Waals surface area contributed by atoms with Gasteiger partial charge in [0.05, 0.1) is 12.2 Å². The first-order valence-electron chi connectivity index (χ1n) is 7.79. The van der Waals surface area contributed by atoms with Crippen LogP contribution in [0.4, 0.5) is 0 Å². The van der Waals surface area contributed by atoms with E-state index in [0.717, 1.165) is 25.0 Å². The molecule has 0 radical (unpaired) electrons. The van der Waals surface area contributed by atoms with Crippen molar-refractivity contribution in [3.05, 3.63) is 65.2 Å². The fourth-order valence-electron chi connectivity index (χ4n) is 2.88. The second-order valence-corrected chi connectivity index (χ2v) is 5.44. The van der Waals surface area contributed by atoms with Crippen molar-refractivity contribution in [3.8, 4) is 5.75 Å². The van der Waals surface area contributed by atoms with Crippen LogP contribution < -0.4 is 4.74 Å². The zero-order valence-corrected chi connectivity index (χ0v) is 12.7. The molecular weight excluding hydrogens is 276 g/mol. The number of rotatable bonds is 4. The van der Waals surface area contributed by atoms with Gasteiger partial charge in [0.1, 0.15) is 11.9 Å². The van der Waals surface area contributed by atoms with Crippen molar-refractivity contribution in [1.29, 1.82) is 0 Å². The number of ether oxygens (including phenoxy) is 2. The van der Waals surface area contributed by atoms with Gasteiger partial charge in [0, 0.05) is 0 Å². The minimum absolute atomic E-state index is 0.0957. The number of esters is 1. The topological polar surface area (TPSA) is 35.5 Å². The molecule has 0 fully saturated rings. The van der Waals surface area contributed by atoms with E-state index in [1.165, 1.54) is 11.1 Å². The Kier molecular flexibility index (Phi) is 4.42. The molecule has 0 heterocycles. The summed E-state index contributed by atoms with van der Waals surface area (Å²) in [4.78, 5) is 11.6. The first-order valence-corrected chi connectivity index (χ1v) is 7.79. The number of benzene rings is 2. The van der Waals surface area contributed by atoms with Crippen LogP contribution in [0.5, 0.6) is 5.75 Å². The summed E-state index contributed by atoms with van der Waals surface area (Å²) in [5.74, 6) is 0.492. The summed E-state index contributed by atoms with van der Waals surface area (Å²) in [6, 6.07) is 15.6. The lowest BCUT2D eigenvalue weighted by Gasteiger charge is -2.26. The molecule has 1 aliphatic rings. The van der Waals surface area contributed by atoms with Crippen LogP contribution in [0.15, 0.2) is 48.5 Å². The van der Waals surface area contributed by atoms with Crippen molar-refractivity contribution in [3.63, 3.8) is 0 Å². The van der Waals surface area contributed by atoms with E-state index < -0.39 is 0 Å². The van der Waals surface area contributed by atoms with Crippen LogP contribution in [0, 0.1) is 0 Å². The molecule has 0 saturated heterocycles. The quantitative estimate of drug-likeness (QED) is 0.788. The van der Waals surface area contributed by atoms with E-state index in [-0.39, 0.29) is 12.1 Å². The largest absolute Gasteiger partial charge is 0.486 e. The molecule has 0 bridgehead atoms. The number of carbonyl (C=O) groups is 1. The van der Waals surface area contributed by atoms with Crippen molar-refractivity contribution in [1.82, 2.24) is 0 Å². The summed E-state index contributed by atoms with van der Waals surface area (Å²) in [6.45, 7) is 2.19. The van der Waals surface area contributed by atoms with Crippen LogP contribution in [0.2, 0.25) is 0 Å². The lowest BCUT2D eigenvalue weighted by atomic mass is 9.89. The summed E-state index contributed by atoms with van der Waals surface area (Å²) in [5, 5.41) is 0. The first kappa shape index (κ1) is 14.6. The standard InChI is InChI=1S/C19H20O3/c1-2-21-19(20)15-10-12-16(13-11-15)22-18-9-5-7-14-6-3-4-8-17(14)18/h3-4,6,8,10-13,18H,2,5,7,9H2,1H3. The second-order valence-electron chi connectivity index (χ2n) is 5.44. The van der Waals surface area contributed by atoms with Crippen molar-refractivity contribution < 1.29 is 14.3 Å².